The predicted octanol–water partition coefficient (Wildman–Crippen LogP) is -3.01. The van der Waals surface area contributed by atoms with Crippen LogP contribution in [0, 0.1) is 0 Å². The van der Waals surface area contributed by atoms with E-state index in [0.717, 1.165) is 55.4 Å². The third-order valence-corrected chi connectivity index (χ3v) is 8.30. The van der Waals surface area contributed by atoms with Gasteiger partial charge in [0.05, 0.1) is 6.61 Å². The normalized spacial score (nSPS) is 34.6. The highest BCUT2D eigenvalue weighted by atomic mass is 16.8. The zero-order chi connectivity index (χ0) is 43.6. The second kappa shape index (κ2) is 21.4. The van der Waals surface area contributed by atoms with Crippen molar-refractivity contribution >= 4 is 47.8 Å². The number of esters is 8. The van der Waals surface area contributed by atoms with E-state index in [0.29, 0.717) is 0 Å². The summed E-state index contributed by atoms with van der Waals surface area (Å²) >= 11 is 0. The van der Waals surface area contributed by atoms with Crippen molar-refractivity contribution in [3.63, 3.8) is 0 Å². The quantitative estimate of drug-likeness (QED) is 0.109. The molecular formula is C34H48O24. The molecule has 0 aromatic rings. The van der Waals surface area contributed by atoms with Crippen LogP contribution in [0.5, 0.6) is 0 Å². The number of carbonyl (C=O) groups is 8. The van der Waals surface area contributed by atoms with Crippen LogP contribution in [0.1, 0.15) is 55.4 Å². The number of aliphatic hydroxyl groups excluding tert-OH is 3. The summed E-state index contributed by atoms with van der Waals surface area (Å²) in [6, 6.07) is 0. The molecule has 0 bridgehead atoms. The lowest BCUT2D eigenvalue weighted by Gasteiger charge is -2.49. The van der Waals surface area contributed by atoms with Crippen LogP contribution in [0.2, 0.25) is 0 Å². The van der Waals surface area contributed by atoms with E-state index in [9.17, 15) is 53.7 Å². The average Bonchev–Trinajstić information content (AvgIpc) is 3.09. The zero-order valence-corrected chi connectivity index (χ0v) is 32.7. The van der Waals surface area contributed by atoms with Gasteiger partial charge in [-0.3, -0.25) is 38.4 Å². The first-order chi connectivity index (χ1) is 27.1. The highest BCUT2D eigenvalue weighted by Gasteiger charge is 2.58. The Morgan fingerprint density at radius 3 is 1.07 bits per heavy atom. The molecule has 0 amide bonds. The molecule has 0 saturated carbocycles. The van der Waals surface area contributed by atoms with Crippen molar-refractivity contribution in [3.8, 4) is 0 Å². The molecule has 15 atom stereocenters. The molecule has 3 saturated heterocycles. The molecule has 3 rings (SSSR count). The van der Waals surface area contributed by atoms with Gasteiger partial charge in [0.25, 0.3) is 0 Å². The van der Waals surface area contributed by atoms with Gasteiger partial charge in [-0.2, -0.15) is 0 Å². The molecule has 328 valence electrons. The van der Waals surface area contributed by atoms with E-state index in [4.69, 9.17) is 61.6 Å². The van der Waals surface area contributed by atoms with Gasteiger partial charge in [0.15, 0.2) is 55.5 Å². The number of aliphatic hydroxyl groups is 3. The van der Waals surface area contributed by atoms with Crippen molar-refractivity contribution in [2.45, 2.75) is 148 Å². The molecule has 3 aliphatic heterocycles. The van der Waals surface area contributed by atoms with Gasteiger partial charge in [-0.1, -0.05) is 0 Å². The molecule has 0 aliphatic carbocycles. The first-order valence-corrected chi connectivity index (χ1v) is 17.7. The van der Waals surface area contributed by atoms with E-state index in [2.05, 4.69) is 0 Å². The maximum atomic E-state index is 12.4. The first-order valence-electron chi connectivity index (χ1n) is 17.7. The molecule has 3 fully saturated rings. The SMILES string of the molecule is CC(=O)OC[C@H]1O[C@@H](O[C@@H]2[C@@H](O[C@@H]3O[C@H](COC(C)=O)[C@@H](OC(C)=O)[C@H](OC(C)=O)[C@H]3OC(C)=O)[C@H](O)[C@@H](CO)O[C@H]2O)[C@H](OC(C)=O)[C@@H](OC(C)=O)[C@@H]1OC(C)=O. The van der Waals surface area contributed by atoms with Crippen LogP contribution in [0.25, 0.3) is 0 Å². The van der Waals surface area contributed by atoms with Gasteiger partial charge < -0.3 is 76.9 Å². The van der Waals surface area contributed by atoms with Crippen LogP contribution in [0.15, 0.2) is 0 Å². The molecular weight excluding hydrogens is 792 g/mol. The van der Waals surface area contributed by atoms with Crippen LogP contribution in [-0.2, 0) is 99.9 Å². The van der Waals surface area contributed by atoms with E-state index in [-0.39, 0.29) is 0 Å². The van der Waals surface area contributed by atoms with Crippen molar-refractivity contribution in [2.24, 2.45) is 0 Å². The number of rotatable bonds is 15. The Balaban J connectivity index is 2.17. The summed E-state index contributed by atoms with van der Waals surface area (Å²) in [5.41, 5.74) is 0. The molecule has 24 nitrogen and oxygen atoms in total. The van der Waals surface area contributed by atoms with E-state index < -0.39 is 160 Å². The lowest BCUT2D eigenvalue weighted by Crippen LogP contribution is -2.68. The summed E-state index contributed by atoms with van der Waals surface area (Å²) in [4.78, 5) is 97.5. The minimum atomic E-state index is -2.18. The van der Waals surface area contributed by atoms with Crippen LogP contribution in [0.4, 0.5) is 0 Å². The Labute approximate surface area is 330 Å². The molecule has 0 aromatic carbocycles. The molecule has 0 radical (unpaired) electrons. The van der Waals surface area contributed by atoms with Crippen LogP contribution in [-0.4, -0.2) is 175 Å². The molecule has 24 heteroatoms. The number of hydrogen-bond donors (Lipinski definition) is 3. The van der Waals surface area contributed by atoms with E-state index in [1.807, 2.05) is 0 Å². The van der Waals surface area contributed by atoms with Crippen molar-refractivity contribution in [3.05, 3.63) is 0 Å². The minimum Gasteiger partial charge on any atom is -0.463 e. The molecule has 3 heterocycles. The zero-order valence-electron chi connectivity index (χ0n) is 32.7. The third kappa shape index (κ3) is 13.2. The van der Waals surface area contributed by atoms with Crippen molar-refractivity contribution in [1.29, 1.82) is 0 Å². The Kier molecular flexibility index (Phi) is 17.7. The fourth-order valence-electron chi connectivity index (χ4n) is 6.27. The van der Waals surface area contributed by atoms with Crippen LogP contribution in [0.3, 0.4) is 0 Å². The molecule has 0 spiro atoms. The number of ether oxygens (including phenoxy) is 13. The second-order valence-corrected chi connectivity index (χ2v) is 13.1. The predicted molar refractivity (Wildman–Crippen MR) is 178 cm³/mol. The van der Waals surface area contributed by atoms with Crippen molar-refractivity contribution in [1.82, 2.24) is 0 Å². The van der Waals surface area contributed by atoms with Gasteiger partial charge in [-0.15, -0.1) is 0 Å². The summed E-state index contributed by atoms with van der Waals surface area (Å²) in [5, 5.41) is 32.8. The lowest BCUT2D eigenvalue weighted by molar-refractivity contribution is -0.388. The molecule has 58 heavy (non-hydrogen) atoms. The minimum absolute atomic E-state index is 0.665. The molecule has 0 aromatic heterocycles. The molecule has 3 N–H and O–H groups in total. The summed E-state index contributed by atoms with van der Waals surface area (Å²) in [5.74, 6) is -7.45. The Bertz CT molecular complexity index is 1500. The second-order valence-electron chi connectivity index (χ2n) is 13.1. The molecule has 3 aliphatic rings. The Morgan fingerprint density at radius 1 is 0.414 bits per heavy atom. The maximum Gasteiger partial charge on any atom is 0.303 e. The highest BCUT2D eigenvalue weighted by Crippen LogP contribution is 2.37. The fourth-order valence-corrected chi connectivity index (χ4v) is 6.27. The average molecular weight is 841 g/mol. The third-order valence-electron chi connectivity index (χ3n) is 8.30. The standard InChI is InChI=1S/C34H48O24/c1-12(36)46-10-21-24(48-14(3)38)27(50-16(5)40)30(52-18(7)42)33(55-21)57-26-23(44)20(9-35)54-32(45)29(26)58-34-31(53-19(8)43)28(51-17(6)41)25(49-15(4)39)22(56-34)11-47-13(2)37/h20-35,44-45H,9-11H2,1-8H3/t20-,21-,22-,23-,24-,25-,26+,27+,28+,29-,30-,31-,32-,33+,34+/m1/s1. The number of carbonyl (C=O) groups excluding carboxylic acids is 8. The summed E-state index contributed by atoms with van der Waals surface area (Å²) in [7, 11) is 0. The van der Waals surface area contributed by atoms with Gasteiger partial charge in [-0.05, 0) is 0 Å². The smallest absolute Gasteiger partial charge is 0.303 e. The van der Waals surface area contributed by atoms with E-state index in [1.54, 1.807) is 0 Å². The largest absolute Gasteiger partial charge is 0.463 e. The number of hydrogen-bond acceptors (Lipinski definition) is 24. The van der Waals surface area contributed by atoms with Gasteiger partial charge in [-0.25, -0.2) is 0 Å². The maximum absolute atomic E-state index is 12.4. The Morgan fingerprint density at radius 2 is 0.741 bits per heavy atom. The topological polar surface area (TPSA) is 317 Å². The van der Waals surface area contributed by atoms with Gasteiger partial charge >= 0.3 is 47.8 Å². The summed E-state index contributed by atoms with van der Waals surface area (Å²) in [6.07, 6.45) is -27.1. The molecule has 0 unspecified atom stereocenters. The first kappa shape index (κ1) is 47.8. The van der Waals surface area contributed by atoms with Crippen molar-refractivity contribution < 1.29 is 115 Å². The monoisotopic (exact) mass is 840 g/mol. The van der Waals surface area contributed by atoms with Crippen LogP contribution >= 0.6 is 0 Å². The fraction of sp³-hybridized carbons (Fsp3) is 0.765. The Hall–Kier alpha value is -4.56. The summed E-state index contributed by atoms with van der Waals surface area (Å²) in [6.45, 7) is 5.69. The highest BCUT2D eigenvalue weighted by molar-refractivity contribution is 5.70. The van der Waals surface area contributed by atoms with Gasteiger partial charge in [0, 0.05) is 55.4 Å². The summed E-state index contributed by atoms with van der Waals surface area (Å²) < 4.78 is 72.0. The van der Waals surface area contributed by atoms with Crippen molar-refractivity contribution in [2.75, 3.05) is 19.8 Å². The van der Waals surface area contributed by atoms with Gasteiger partial charge in [0.2, 0.25) is 0 Å². The van der Waals surface area contributed by atoms with E-state index >= 15 is 0 Å². The lowest BCUT2D eigenvalue weighted by atomic mass is 9.95. The van der Waals surface area contributed by atoms with Crippen LogP contribution < -0.4 is 0 Å². The van der Waals surface area contributed by atoms with E-state index in [1.165, 1.54) is 0 Å². The van der Waals surface area contributed by atoms with Gasteiger partial charge in [0.1, 0.15) is 49.8 Å².